The molecule has 172 valence electrons. The molecule has 2 aromatic rings. The number of carbonyl (C=O) groups is 1. The zero-order chi connectivity index (χ0) is 22.3. The number of hydrogen-bond donors (Lipinski definition) is 1. The molecule has 0 bridgehead atoms. The highest BCUT2D eigenvalue weighted by molar-refractivity contribution is 5.79. The van der Waals surface area contributed by atoms with Gasteiger partial charge in [0.1, 0.15) is 5.82 Å². The van der Waals surface area contributed by atoms with E-state index in [0.717, 1.165) is 75.9 Å². The lowest BCUT2D eigenvalue weighted by molar-refractivity contribution is -0.125. The molecule has 1 atom stereocenters. The SMILES string of the molecule is Cc1ccnc(N2CCC[C@H](C(=O)NCCCN3CCN(c4ccc(F)cc4)CC3)C2)n1. The van der Waals surface area contributed by atoms with Crippen molar-refractivity contribution in [2.75, 3.05) is 62.2 Å². The Kier molecular flexibility index (Phi) is 7.52. The smallest absolute Gasteiger partial charge is 0.225 e. The van der Waals surface area contributed by atoms with Crippen LogP contribution in [0.3, 0.4) is 0 Å². The van der Waals surface area contributed by atoms with Crippen molar-refractivity contribution >= 4 is 17.5 Å². The van der Waals surface area contributed by atoms with Crippen LogP contribution in [-0.2, 0) is 4.79 Å². The van der Waals surface area contributed by atoms with Gasteiger partial charge >= 0.3 is 0 Å². The lowest BCUT2D eigenvalue weighted by Gasteiger charge is -2.36. The number of nitrogens with zero attached hydrogens (tertiary/aromatic N) is 5. The quantitative estimate of drug-likeness (QED) is 0.668. The van der Waals surface area contributed by atoms with E-state index in [4.69, 9.17) is 0 Å². The van der Waals surface area contributed by atoms with Crippen LogP contribution >= 0.6 is 0 Å². The number of nitrogens with one attached hydrogen (secondary N) is 1. The lowest BCUT2D eigenvalue weighted by Crippen LogP contribution is -2.47. The van der Waals surface area contributed by atoms with E-state index in [-0.39, 0.29) is 17.6 Å². The third-order valence-electron chi connectivity index (χ3n) is 6.37. The topological polar surface area (TPSA) is 64.6 Å². The molecular weight excluding hydrogens is 407 g/mol. The molecule has 1 amide bonds. The third-order valence-corrected chi connectivity index (χ3v) is 6.37. The average molecular weight is 441 g/mol. The van der Waals surface area contributed by atoms with E-state index in [1.165, 1.54) is 12.1 Å². The lowest BCUT2D eigenvalue weighted by atomic mass is 9.97. The molecule has 0 radical (unpaired) electrons. The summed E-state index contributed by atoms with van der Waals surface area (Å²) >= 11 is 0. The van der Waals surface area contributed by atoms with Crippen molar-refractivity contribution in [1.82, 2.24) is 20.2 Å². The summed E-state index contributed by atoms with van der Waals surface area (Å²) in [6, 6.07) is 8.62. The fraction of sp³-hybridized carbons (Fsp3) is 0.542. The molecule has 1 aromatic carbocycles. The number of rotatable bonds is 7. The largest absolute Gasteiger partial charge is 0.369 e. The maximum atomic E-state index is 13.1. The van der Waals surface area contributed by atoms with Crippen LogP contribution in [0.1, 0.15) is 25.0 Å². The number of carbonyl (C=O) groups excluding carboxylic acids is 1. The van der Waals surface area contributed by atoms with Crippen molar-refractivity contribution in [3.63, 3.8) is 0 Å². The van der Waals surface area contributed by atoms with Crippen LogP contribution in [0.5, 0.6) is 0 Å². The minimum atomic E-state index is -0.195. The van der Waals surface area contributed by atoms with E-state index in [2.05, 4.69) is 30.0 Å². The monoisotopic (exact) mass is 440 g/mol. The molecule has 7 nitrogen and oxygen atoms in total. The summed E-state index contributed by atoms with van der Waals surface area (Å²) in [5.74, 6) is 0.664. The minimum Gasteiger partial charge on any atom is -0.369 e. The minimum absolute atomic E-state index is 0.00730. The number of halogens is 1. The summed E-state index contributed by atoms with van der Waals surface area (Å²) in [4.78, 5) is 28.4. The summed E-state index contributed by atoms with van der Waals surface area (Å²) in [7, 11) is 0. The van der Waals surface area contributed by atoms with Gasteiger partial charge in [0.05, 0.1) is 5.92 Å². The van der Waals surface area contributed by atoms with E-state index in [0.29, 0.717) is 13.1 Å². The van der Waals surface area contributed by atoms with Gasteiger partial charge in [0.2, 0.25) is 11.9 Å². The fourth-order valence-electron chi connectivity index (χ4n) is 4.50. The summed E-state index contributed by atoms with van der Waals surface area (Å²) in [5, 5.41) is 3.14. The molecule has 32 heavy (non-hydrogen) atoms. The Hall–Kier alpha value is -2.74. The van der Waals surface area contributed by atoms with Gasteiger partial charge in [-0.15, -0.1) is 0 Å². The van der Waals surface area contributed by atoms with Crippen LogP contribution in [0.2, 0.25) is 0 Å². The Labute approximate surface area is 189 Å². The van der Waals surface area contributed by atoms with Gasteiger partial charge in [0, 0.05) is 63.4 Å². The Bertz CT molecular complexity index is 884. The number of amides is 1. The van der Waals surface area contributed by atoms with Gasteiger partial charge in [-0.1, -0.05) is 0 Å². The molecule has 2 aliphatic heterocycles. The Morgan fingerprint density at radius 3 is 2.62 bits per heavy atom. The van der Waals surface area contributed by atoms with Gasteiger partial charge in [0.15, 0.2) is 0 Å². The highest BCUT2D eigenvalue weighted by atomic mass is 19.1. The second kappa shape index (κ2) is 10.7. The molecule has 0 spiro atoms. The predicted molar refractivity (Wildman–Crippen MR) is 124 cm³/mol. The molecule has 1 N–H and O–H groups in total. The van der Waals surface area contributed by atoms with Crippen molar-refractivity contribution in [3.05, 3.63) is 48.0 Å². The Morgan fingerprint density at radius 2 is 1.88 bits per heavy atom. The maximum Gasteiger partial charge on any atom is 0.225 e. The van der Waals surface area contributed by atoms with Gasteiger partial charge < -0.3 is 15.1 Å². The number of benzene rings is 1. The second-order valence-corrected chi connectivity index (χ2v) is 8.73. The Morgan fingerprint density at radius 1 is 1.09 bits per heavy atom. The highest BCUT2D eigenvalue weighted by Gasteiger charge is 2.27. The number of anilines is 2. The van der Waals surface area contributed by atoms with Crippen LogP contribution in [-0.4, -0.2) is 73.1 Å². The van der Waals surface area contributed by atoms with Crippen LogP contribution in [0.4, 0.5) is 16.0 Å². The number of piperazine rings is 1. The zero-order valence-corrected chi connectivity index (χ0v) is 18.8. The number of aromatic nitrogens is 2. The molecule has 4 rings (SSSR count). The first-order chi connectivity index (χ1) is 15.6. The van der Waals surface area contributed by atoms with E-state index in [1.54, 1.807) is 6.20 Å². The summed E-state index contributed by atoms with van der Waals surface area (Å²) in [5.41, 5.74) is 2.02. The van der Waals surface area contributed by atoms with Crippen molar-refractivity contribution in [3.8, 4) is 0 Å². The molecule has 0 aliphatic carbocycles. The van der Waals surface area contributed by atoms with Crippen LogP contribution < -0.4 is 15.1 Å². The van der Waals surface area contributed by atoms with Crippen LogP contribution in [0.15, 0.2) is 36.5 Å². The molecule has 1 aromatic heterocycles. The van der Waals surface area contributed by atoms with Crippen molar-refractivity contribution in [2.45, 2.75) is 26.2 Å². The number of piperidine rings is 1. The van der Waals surface area contributed by atoms with Crippen molar-refractivity contribution in [2.24, 2.45) is 5.92 Å². The third kappa shape index (κ3) is 5.94. The predicted octanol–water partition coefficient (Wildman–Crippen LogP) is 2.47. The molecule has 2 aliphatic rings. The van der Waals surface area contributed by atoms with Crippen molar-refractivity contribution < 1.29 is 9.18 Å². The molecular formula is C24H33FN6O. The Balaban J connectivity index is 1.14. The summed E-state index contributed by atoms with van der Waals surface area (Å²) in [6.07, 6.45) is 4.62. The van der Waals surface area contributed by atoms with Gasteiger partial charge in [-0.3, -0.25) is 9.69 Å². The molecule has 3 heterocycles. The normalized spacial score (nSPS) is 19.8. The molecule has 0 unspecified atom stereocenters. The standard InChI is InChI=1S/C24H33FN6O/c1-19-9-11-27-24(28-19)31-13-2-4-20(18-31)23(32)26-10-3-12-29-14-16-30(17-15-29)22-7-5-21(25)6-8-22/h5-9,11,20H,2-4,10,12-18H2,1H3,(H,26,32)/t20-/m0/s1. The second-order valence-electron chi connectivity index (χ2n) is 8.73. The highest BCUT2D eigenvalue weighted by Crippen LogP contribution is 2.21. The van der Waals surface area contributed by atoms with Crippen LogP contribution in [0, 0.1) is 18.7 Å². The molecule has 8 heteroatoms. The van der Waals surface area contributed by atoms with E-state index < -0.39 is 0 Å². The number of aryl methyl sites for hydroxylation is 1. The van der Waals surface area contributed by atoms with E-state index >= 15 is 0 Å². The summed E-state index contributed by atoms with van der Waals surface area (Å²) in [6.45, 7) is 9.08. The average Bonchev–Trinajstić information content (AvgIpc) is 2.83. The van der Waals surface area contributed by atoms with Crippen molar-refractivity contribution in [1.29, 1.82) is 0 Å². The maximum absolute atomic E-state index is 13.1. The first-order valence-electron chi connectivity index (χ1n) is 11.6. The molecule has 2 saturated heterocycles. The van der Waals surface area contributed by atoms with Crippen LogP contribution in [0.25, 0.3) is 0 Å². The first-order valence-corrected chi connectivity index (χ1v) is 11.6. The van der Waals surface area contributed by atoms with Gasteiger partial charge in [0.25, 0.3) is 0 Å². The van der Waals surface area contributed by atoms with Gasteiger partial charge in [-0.2, -0.15) is 0 Å². The fourth-order valence-corrected chi connectivity index (χ4v) is 4.50. The van der Waals surface area contributed by atoms with Gasteiger partial charge in [-0.25, -0.2) is 14.4 Å². The van der Waals surface area contributed by atoms with Gasteiger partial charge in [-0.05, 0) is 63.1 Å². The number of hydrogen-bond acceptors (Lipinski definition) is 6. The van der Waals surface area contributed by atoms with E-state index in [1.807, 2.05) is 25.1 Å². The first kappa shape index (κ1) is 22.5. The summed E-state index contributed by atoms with van der Waals surface area (Å²) < 4.78 is 13.1. The molecule has 0 saturated carbocycles. The zero-order valence-electron chi connectivity index (χ0n) is 18.8. The van der Waals surface area contributed by atoms with E-state index in [9.17, 15) is 9.18 Å². The molecule has 2 fully saturated rings.